The van der Waals surface area contributed by atoms with Crippen LogP contribution in [0.5, 0.6) is 0 Å². The minimum absolute atomic E-state index is 0.0917. The molecule has 1 aliphatic heterocycles. The summed E-state index contributed by atoms with van der Waals surface area (Å²) in [6.45, 7) is 5.12. The van der Waals surface area contributed by atoms with Gasteiger partial charge >= 0.3 is 12.0 Å². The third kappa shape index (κ3) is 2.80. The molecule has 5 nitrogen and oxygen atoms in total. The number of hydrogen-bond acceptors (Lipinski definition) is 2. The second-order valence-corrected chi connectivity index (χ2v) is 7.14. The van der Waals surface area contributed by atoms with E-state index in [0.29, 0.717) is 25.4 Å². The number of carboxylic acids is 1. The van der Waals surface area contributed by atoms with Crippen molar-refractivity contribution in [2.45, 2.75) is 39.0 Å². The normalized spacial score (nSPS) is 26.4. The van der Waals surface area contributed by atoms with Crippen LogP contribution in [0.3, 0.4) is 0 Å². The molecule has 0 aromatic heterocycles. The van der Waals surface area contributed by atoms with Gasteiger partial charge in [-0.25, -0.2) is 4.79 Å². The van der Waals surface area contributed by atoms with Crippen molar-refractivity contribution < 1.29 is 14.7 Å². The van der Waals surface area contributed by atoms with E-state index < -0.39 is 11.4 Å². The molecular formula is C18H24N2O3. The largest absolute Gasteiger partial charge is 0.481 e. The highest BCUT2D eigenvalue weighted by molar-refractivity contribution is 5.90. The number of aliphatic carboxylic acids is 1. The monoisotopic (exact) mass is 316 g/mol. The molecule has 124 valence electrons. The summed E-state index contributed by atoms with van der Waals surface area (Å²) in [6, 6.07) is 7.63. The fraction of sp³-hybridized carbons (Fsp3) is 0.556. The number of carbonyl (C=O) groups excluding carboxylic acids is 1. The van der Waals surface area contributed by atoms with E-state index in [0.717, 1.165) is 18.5 Å². The average Bonchev–Trinajstić information content (AvgIpc) is 3.05. The summed E-state index contributed by atoms with van der Waals surface area (Å²) in [5, 5.41) is 12.5. The number of urea groups is 1. The van der Waals surface area contributed by atoms with Crippen molar-refractivity contribution in [3.63, 3.8) is 0 Å². The Bertz CT molecular complexity index is 611. The second kappa shape index (κ2) is 5.87. The standard InChI is InChI=1S/C18H24N2O3/c1-12(2)13-5-7-15(8-6-13)19-17(23)20-10-14-4-3-9-18(14,11-20)16(21)22/h5-8,12,14H,3-4,9-11H2,1-2H3,(H,19,23)(H,21,22)/t14-,18+/m0/s1. The summed E-state index contributed by atoms with van der Waals surface area (Å²) in [7, 11) is 0. The van der Waals surface area contributed by atoms with E-state index in [1.54, 1.807) is 4.90 Å². The number of amides is 2. The Morgan fingerprint density at radius 3 is 2.57 bits per heavy atom. The molecular weight excluding hydrogens is 292 g/mol. The first kappa shape index (κ1) is 15.8. The van der Waals surface area contributed by atoms with E-state index in [9.17, 15) is 14.7 Å². The molecule has 23 heavy (non-hydrogen) atoms. The SMILES string of the molecule is CC(C)c1ccc(NC(=O)N2C[C@@H]3CCC[C@@]3(C(=O)O)C2)cc1. The van der Waals surface area contributed by atoms with Crippen molar-refractivity contribution in [1.29, 1.82) is 0 Å². The molecule has 1 saturated carbocycles. The summed E-state index contributed by atoms with van der Waals surface area (Å²) >= 11 is 0. The zero-order valence-corrected chi connectivity index (χ0v) is 13.7. The first-order valence-electron chi connectivity index (χ1n) is 8.31. The predicted octanol–water partition coefficient (Wildman–Crippen LogP) is 3.53. The van der Waals surface area contributed by atoms with Gasteiger partial charge in [0.05, 0.1) is 5.41 Å². The summed E-state index contributed by atoms with van der Waals surface area (Å²) in [5.74, 6) is -0.209. The highest BCUT2D eigenvalue weighted by Gasteiger charge is 2.55. The molecule has 2 fully saturated rings. The lowest BCUT2D eigenvalue weighted by Crippen LogP contribution is -2.38. The van der Waals surface area contributed by atoms with Crippen molar-refractivity contribution in [2.75, 3.05) is 18.4 Å². The maximum absolute atomic E-state index is 12.5. The van der Waals surface area contributed by atoms with E-state index in [4.69, 9.17) is 0 Å². The minimum Gasteiger partial charge on any atom is -0.481 e. The van der Waals surface area contributed by atoms with E-state index >= 15 is 0 Å². The minimum atomic E-state index is -0.753. The number of likely N-dealkylation sites (tertiary alicyclic amines) is 1. The van der Waals surface area contributed by atoms with E-state index in [1.807, 2.05) is 24.3 Å². The summed E-state index contributed by atoms with van der Waals surface area (Å²) in [5.41, 5.74) is 1.25. The molecule has 0 bridgehead atoms. The lowest BCUT2D eigenvalue weighted by atomic mass is 9.81. The van der Waals surface area contributed by atoms with E-state index in [-0.39, 0.29) is 11.9 Å². The predicted molar refractivity (Wildman–Crippen MR) is 88.5 cm³/mol. The zero-order valence-electron chi connectivity index (χ0n) is 13.7. The van der Waals surface area contributed by atoms with Gasteiger partial charge in [-0.3, -0.25) is 4.79 Å². The first-order chi connectivity index (χ1) is 10.9. The quantitative estimate of drug-likeness (QED) is 0.896. The van der Waals surface area contributed by atoms with Crippen LogP contribution < -0.4 is 5.32 Å². The van der Waals surface area contributed by atoms with Crippen LogP contribution in [0.2, 0.25) is 0 Å². The van der Waals surface area contributed by atoms with Crippen LogP contribution in [0.25, 0.3) is 0 Å². The Hall–Kier alpha value is -2.04. The molecule has 5 heteroatoms. The second-order valence-electron chi connectivity index (χ2n) is 7.14. The molecule has 1 aromatic carbocycles. The van der Waals surface area contributed by atoms with Gasteiger partial charge in [-0.1, -0.05) is 32.4 Å². The summed E-state index contributed by atoms with van der Waals surface area (Å²) in [6.07, 6.45) is 2.53. The Kier molecular flexibility index (Phi) is 4.04. The Balaban J connectivity index is 1.67. The van der Waals surface area contributed by atoms with Crippen molar-refractivity contribution in [1.82, 2.24) is 4.90 Å². The molecule has 0 radical (unpaired) electrons. The van der Waals surface area contributed by atoms with Crippen LogP contribution in [0.15, 0.2) is 24.3 Å². The average molecular weight is 316 g/mol. The number of nitrogens with one attached hydrogen (secondary N) is 1. The summed E-state index contributed by atoms with van der Waals surface area (Å²) < 4.78 is 0. The zero-order chi connectivity index (χ0) is 16.6. The number of carboxylic acid groups (broad SMARTS) is 1. The van der Waals surface area contributed by atoms with Crippen molar-refractivity contribution in [3.8, 4) is 0 Å². The molecule has 1 heterocycles. The number of nitrogens with zero attached hydrogens (tertiary/aromatic N) is 1. The smallest absolute Gasteiger partial charge is 0.321 e. The maximum atomic E-state index is 12.5. The van der Waals surface area contributed by atoms with Gasteiger partial charge in [0, 0.05) is 18.8 Å². The molecule has 2 amide bonds. The van der Waals surface area contributed by atoms with Crippen molar-refractivity contribution in [3.05, 3.63) is 29.8 Å². The van der Waals surface area contributed by atoms with Gasteiger partial charge in [0.15, 0.2) is 0 Å². The van der Waals surface area contributed by atoms with Crippen molar-refractivity contribution >= 4 is 17.7 Å². The molecule has 1 saturated heterocycles. The Morgan fingerprint density at radius 1 is 1.30 bits per heavy atom. The highest BCUT2D eigenvalue weighted by Crippen LogP contribution is 2.48. The van der Waals surface area contributed by atoms with Gasteiger partial charge in [0.2, 0.25) is 0 Å². The molecule has 2 atom stereocenters. The third-order valence-electron chi connectivity index (χ3n) is 5.41. The van der Waals surface area contributed by atoms with Crippen LogP contribution in [-0.4, -0.2) is 35.1 Å². The van der Waals surface area contributed by atoms with Crippen LogP contribution in [-0.2, 0) is 4.79 Å². The third-order valence-corrected chi connectivity index (χ3v) is 5.41. The van der Waals surface area contributed by atoms with Crippen LogP contribution >= 0.6 is 0 Å². The van der Waals surface area contributed by atoms with Gasteiger partial charge in [-0.15, -0.1) is 0 Å². The fourth-order valence-electron chi connectivity index (χ4n) is 3.95. The first-order valence-corrected chi connectivity index (χ1v) is 8.31. The Morgan fingerprint density at radius 2 is 2.00 bits per heavy atom. The van der Waals surface area contributed by atoms with Crippen LogP contribution in [0, 0.1) is 11.3 Å². The lowest BCUT2D eigenvalue weighted by molar-refractivity contribution is -0.149. The van der Waals surface area contributed by atoms with Gasteiger partial charge in [-0.05, 0) is 42.4 Å². The van der Waals surface area contributed by atoms with Crippen LogP contribution in [0.4, 0.5) is 10.5 Å². The maximum Gasteiger partial charge on any atom is 0.321 e. The van der Waals surface area contributed by atoms with Crippen molar-refractivity contribution in [2.24, 2.45) is 11.3 Å². The molecule has 0 spiro atoms. The van der Waals surface area contributed by atoms with Crippen LogP contribution in [0.1, 0.15) is 44.6 Å². The van der Waals surface area contributed by atoms with E-state index in [1.165, 1.54) is 5.56 Å². The fourth-order valence-corrected chi connectivity index (χ4v) is 3.95. The molecule has 1 aliphatic carbocycles. The number of rotatable bonds is 3. The van der Waals surface area contributed by atoms with Gasteiger partial charge < -0.3 is 15.3 Å². The number of benzene rings is 1. The number of anilines is 1. The Labute approximate surface area is 136 Å². The molecule has 2 N–H and O–H groups in total. The topological polar surface area (TPSA) is 69.6 Å². The number of carbonyl (C=O) groups is 2. The van der Waals surface area contributed by atoms with Gasteiger partial charge in [0.25, 0.3) is 0 Å². The lowest BCUT2D eigenvalue weighted by Gasteiger charge is -2.23. The number of hydrogen-bond donors (Lipinski definition) is 2. The molecule has 2 aliphatic rings. The molecule has 0 unspecified atom stereocenters. The molecule has 1 aromatic rings. The van der Waals surface area contributed by atoms with Gasteiger partial charge in [-0.2, -0.15) is 0 Å². The van der Waals surface area contributed by atoms with Gasteiger partial charge in [0.1, 0.15) is 0 Å². The highest BCUT2D eigenvalue weighted by atomic mass is 16.4. The summed E-state index contributed by atoms with van der Waals surface area (Å²) in [4.78, 5) is 25.8. The van der Waals surface area contributed by atoms with E-state index in [2.05, 4.69) is 19.2 Å². The number of fused-ring (bicyclic) bond motifs is 1. The molecule has 3 rings (SSSR count).